The molecule has 0 saturated carbocycles. The first kappa shape index (κ1) is 15.5. The molecule has 1 fully saturated rings. The van der Waals surface area contributed by atoms with Crippen LogP contribution < -0.4 is 0 Å². The molecule has 0 aromatic carbocycles. The zero-order chi connectivity index (χ0) is 16.4. The topological polar surface area (TPSA) is 60.0 Å². The van der Waals surface area contributed by atoms with E-state index in [0.29, 0.717) is 17.8 Å². The fourth-order valence-electron chi connectivity index (χ4n) is 3.41. The second kappa shape index (κ2) is 6.86. The Morgan fingerprint density at radius 1 is 1.38 bits per heavy atom. The fourth-order valence-corrected chi connectivity index (χ4v) is 4.05. The van der Waals surface area contributed by atoms with E-state index in [0.717, 1.165) is 18.0 Å². The molecule has 1 saturated heterocycles. The molecule has 1 aliphatic rings. The first-order valence-electron chi connectivity index (χ1n) is 8.42. The Morgan fingerprint density at radius 2 is 2.33 bits per heavy atom. The predicted octanol–water partition coefficient (Wildman–Crippen LogP) is 3.61. The number of thiophene rings is 1. The molecule has 24 heavy (non-hydrogen) atoms. The fraction of sp³-hybridized carbons (Fsp3) is 0.471. The van der Waals surface area contributed by atoms with Crippen LogP contribution in [0.5, 0.6) is 0 Å². The average Bonchev–Trinajstić information content (AvgIpc) is 3.35. The number of likely N-dealkylation sites (tertiary alicyclic amines) is 1. The summed E-state index contributed by atoms with van der Waals surface area (Å²) in [6.07, 6.45) is 7.52. The maximum absolute atomic E-state index is 5.57. The lowest BCUT2D eigenvalue weighted by molar-refractivity contribution is 0.0720. The lowest BCUT2D eigenvalue weighted by atomic mass is 10.00. The van der Waals surface area contributed by atoms with Crippen molar-refractivity contribution in [3.8, 4) is 10.7 Å². The van der Waals surface area contributed by atoms with E-state index >= 15 is 0 Å². The molecule has 126 valence electrons. The van der Waals surface area contributed by atoms with Crippen LogP contribution in [0.2, 0.25) is 0 Å². The van der Waals surface area contributed by atoms with E-state index in [2.05, 4.69) is 27.1 Å². The summed E-state index contributed by atoms with van der Waals surface area (Å²) >= 11 is 1.63. The van der Waals surface area contributed by atoms with E-state index in [1.165, 1.54) is 19.3 Å². The van der Waals surface area contributed by atoms with Crippen molar-refractivity contribution in [1.29, 1.82) is 0 Å². The van der Waals surface area contributed by atoms with Crippen molar-refractivity contribution >= 4 is 11.3 Å². The summed E-state index contributed by atoms with van der Waals surface area (Å²) in [6, 6.07) is 6.56. The minimum atomic E-state index is 0.118. The van der Waals surface area contributed by atoms with Crippen molar-refractivity contribution in [1.82, 2.24) is 24.8 Å². The van der Waals surface area contributed by atoms with Gasteiger partial charge >= 0.3 is 0 Å². The summed E-state index contributed by atoms with van der Waals surface area (Å²) in [5.41, 5.74) is 0. The van der Waals surface area contributed by atoms with Gasteiger partial charge in [0.15, 0.2) is 0 Å². The molecule has 3 aromatic rings. The summed E-state index contributed by atoms with van der Waals surface area (Å²) in [5.74, 6) is 1.39. The van der Waals surface area contributed by atoms with E-state index in [1.54, 1.807) is 11.3 Å². The van der Waals surface area contributed by atoms with E-state index in [1.807, 2.05) is 40.7 Å². The maximum Gasteiger partial charge on any atom is 0.244 e. The predicted molar refractivity (Wildman–Crippen MR) is 92.6 cm³/mol. The molecule has 2 atom stereocenters. The average molecular weight is 343 g/mol. The highest BCUT2D eigenvalue weighted by molar-refractivity contribution is 7.13. The third kappa shape index (κ3) is 3.14. The van der Waals surface area contributed by atoms with Crippen LogP contribution in [0.4, 0.5) is 0 Å². The summed E-state index contributed by atoms with van der Waals surface area (Å²) < 4.78 is 7.58. The molecule has 2 unspecified atom stereocenters. The van der Waals surface area contributed by atoms with Crippen LogP contribution in [-0.2, 0) is 6.54 Å². The standard InChI is InChI=1S/C17H21N5OS/c1-13(17-19-16(20-23-17)15-7-4-11-24-15)22-10-3-2-6-14(22)12-21-9-5-8-18-21/h4-5,7-9,11,13-14H,2-3,6,10,12H2,1H3. The van der Waals surface area contributed by atoms with E-state index in [9.17, 15) is 0 Å². The molecule has 0 N–H and O–H groups in total. The minimum absolute atomic E-state index is 0.118. The zero-order valence-corrected chi connectivity index (χ0v) is 14.5. The summed E-state index contributed by atoms with van der Waals surface area (Å²) in [4.78, 5) is 8.16. The van der Waals surface area contributed by atoms with Crippen LogP contribution >= 0.6 is 11.3 Å². The molecule has 7 heteroatoms. The van der Waals surface area contributed by atoms with Crippen molar-refractivity contribution in [2.75, 3.05) is 6.54 Å². The van der Waals surface area contributed by atoms with Gasteiger partial charge in [0.1, 0.15) is 0 Å². The van der Waals surface area contributed by atoms with Crippen molar-refractivity contribution in [2.45, 2.75) is 44.8 Å². The normalized spacial score (nSPS) is 20.3. The highest BCUT2D eigenvalue weighted by Gasteiger charge is 2.30. The van der Waals surface area contributed by atoms with Crippen LogP contribution in [0.15, 0.2) is 40.5 Å². The van der Waals surface area contributed by atoms with Gasteiger partial charge < -0.3 is 4.52 Å². The van der Waals surface area contributed by atoms with Gasteiger partial charge in [-0.05, 0) is 43.8 Å². The summed E-state index contributed by atoms with van der Waals surface area (Å²) in [6.45, 7) is 4.13. The third-order valence-corrected chi connectivity index (χ3v) is 5.53. The molecule has 0 aliphatic carbocycles. The Kier molecular flexibility index (Phi) is 4.44. The SMILES string of the molecule is CC(c1nc(-c2cccs2)no1)N1CCCCC1Cn1cccn1. The largest absolute Gasteiger partial charge is 0.337 e. The van der Waals surface area contributed by atoms with Gasteiger partial charge in [0, 0.05) is 18.4 Å². The highest BCUT2D eigenvalue weighted by atomic mass is 32.1. The summed E-state index contributed by atoms with van der Waals surface area (Å²) in [7, 11) is 0. The molecule has 4 heterocycles. The Balaban J connectivity index is 1.52. The van der Waals surface area contributed by atoms with Crippen LogP contribution in [0, 0.1) is 0 Å². The van der Waals surface area contributed by atoms with Gasteiger partial charge in [-0.2, -0.15) is 10.1 Å². The van der Waals surface area contributed by atoms with Gasteiger partial charge in [0.05, 0.1) is 17.5 Å². The number of hydrogen-bond acceptors (Lipinski definition) is 6. The molecule has 6 nitrogen and oxygen atoms in total. The lowest BCUT2D eigenvalue weighted by Crippen LogP contribution is -2.43. The van der Waals surface area contributed by atoms with E-state index < -0.39 is 0 Å². The first-order chi connectivity index (χ1) is 11.8. The molecular weight excluding hydrogens is 322 g/mol. The lowest BCUT2D eigenvalue weighted by Gasteiger charge is -2.38. The Labute approximate surface area is 145 Å². The smallest absolute Gasteiger partial charge is 0.244 e. The Morgan fingerprint density at radius 3 is 3.12 bits per heavy atom. The van der Waals surface area contributed by atoms with Gasteiger partial charge in [-0.1, -0.05) is 17.6 Å². The number of nitrogens with zero attached hydrogens (tertiary/aromatic N) is 5. The Bertz CT molecular complexity index is 752. The van der Waals surface area contributed by atoms with Gasteiger partial charge in [-0.3, -0.25) is 9.58 Å². The minimum Gasteiger partial charge on any atom is -0.337 e. The van der Waals surface area contributed by atoms with Crippen LogP contribution in [-0.4, -0.2) is 37.4 Å². The summed E-state index contributed by atoms with van der Waals surface area (Å²) in [5, 5.41) is 10.5. The monoisotopic (exact) mass is 343 g/mol. The van der Waals surface area contributed by atoms with Crippen molar-refractivity contribution < 1.29 is 4.52 Å². The van der Waals surface area contributed by atoms with Gasteiger partial charge in [-0.15, -0.1) is 11.3 Å². The molecule has 3 aromatic heterocycles. The maximum atomic E-state index is 5.57. The third-order valence-electron chi connectivity index (χ3n) is 4.67. The molecule has 0 amide bonds. The highest BCUT2D eigenvalue weighted by Crippen LogP contribution is 2.30. The van der Waals surface area contributed by atoms with Gasteiger partial charge in [0.25, 0.3) is 0 Å². The molecule has 0 bridgehead atoms. The molecule has 1 aliphatic heterocycles. The number of hydrogen-bond donors (Lipinski definition) is 0. The number of aromatic nitrogens is 4. The van der Waals surface area contributed by atoms with Crippen molar-refractivity contribution in [3.05, 3.63) is 41.9 Å². The number of rotatable bonds is 5. The van der Waals surface area contributed by atoms with E-state index in [4.69, 9.17) is 4.52 Å². The van der Waals surface area contributed by atoms with Crippen LogP contribution in [0.3, 0.4) is 0 Å². The number of piperidine rings is 1. The molecule has 4 rings (SSSR count). The Hall–Kier alpha value is -1.99. The second-order valence-corrected chi connectivity index (χ2v) is 7.17. The molecule has 0 radical (unpaired) electrons. The van der Waals surface area contributed by atoms with Crippen LogP contribution in [0.25, 0.3) is 10.7 Å². The van der Waals surface area contributed by atoms with E-state index in [-0.39, 0.29) is 6.04 Å². The van der Waals surface area contributed by atoms with Gasteiger partial charge in [-0.25, -0.2) is 0 Å². The van der Waals surface area contributed by atoms with Crippen molar-refractivity contribution in [3.63, 3.8) is 0 Å². The molecule has 0 spiro atoms. The first-order valence-corrected chi connectivity index (χ1v) is 9.30. The van der Waals surface area contributed by atoms with Gasteiger partial charge in [0.2, 0.25) is 11.7 Å². The molecular formula is C17H21N5OS. The quantitative estimate of drug-likeness (QED) is 0.708. The van der Waals surface area contributed by atoms with Crippen LogP contribution in [0.1, 0.15) is 38.1 Å². The second-order valence-electron chi connectivity index (χ2n) is 6.23. The zero-order valence-electron chi connectivity index (χ0n) is 13.7. The van der Waals surface area contributed by atoms with Crippen molar-refractivity contribution in [2.24, 2.45) is 0 Å².